The van der Waals surface area contributed by atoms with Crippen LogP contribution in [0, 0.1) is 11.3 Å². The van der Waals surface area contributed by atoms with E-state index in [1.807, 2.05) is 6.07 Å². The van der Waals surface area contributed by atoms with E-state index in [0.717, 1.165) is 25.1 Å². The Labute approximate surface area is 102 Å². The minimum atomic E-state index is 0.570. The van der Waals surface area contributed by atoms with Crippen molar-refractivity contribution >= 4 is 12.0 Å². The fraction of sp³-hybridized carbons (Fsp3) is 0.429. The van der Waals surface area contributed by atoms with E-state index in [9.17, 15) is 4.79 Å². The molecule has 0 bridgehead atoms. The van der Waals surface area contributed by atoms with Crippen LogP contribution in [0.4, 0.5) is 5.69 Å². The Balaban J connectivity index is 2.30. The van der Waals surface area contributed by atoms with Crippen LogP contribution >= 0.6 is 0 Å². The molecule has 0 atom stereocenters. The highest BCUT2D eigenvalue weighted by molar-refractivity contribution is 5.78. The lowest BCUT2D eigenvalue weighted by molar-refractivity contribution is 0.112. The molecule has 3 heteroatoms. The monoisotopic (exact) mass is 228 g/mol. The maximum absolute atomic E-state index is 10.7. The number of rotatable bonds is 2. The minimum Gasteiger partial charge on any atom is -0.370 e. The number of carbonyl (C=O) groups is 1. The highest BCUT2D eigenvalue weighted by atomic mass is 16.1. The zero-order valence-corrected chi connectivity index (χ0v) is 9.85. The van der Waals surface area contributed by atoms with Gasteiger partial charge in [0.15, 0.2) is 0 Å². The van der Waals surface area contributed by atoms with E-state index < -0.39 is 0 Å². The van der Waals surface area contributed by atoms with Gasteiger partial charge in [0, 0.05) is 18.7 Å². The Morgan fingerprint density at radius 1 is 1.18 bits per heavy atom. The van der Waals surface area contributed by atoms with Crippen LogP contribution in [-0.2, 0) is 0 Å². The average molecular weight is 228 g/mol. The van der Waals surface area contributed by atoms with E-state index in [4.69, 9.17) is 5.26 Å². The van der Waals surface area contributed by atoms with Crippen molar-refractivity contribution in [2.45, 2.75) is 25.7 Å². The van der Waals surface area contributed by atoms with Gasteiger partial charge < -0.3 is 4.90 Å². The van der Waals surface area contributed by atoms with Gasteiger partial charge in [-0.3, -0.25) is 4.79 Å². The van der Waals surface area contributed by atoms with Gasteiger partial charge in [0.25, 0.3) is 0 Å². The lowest BCUT2D eigenvalue weighted by Crippen LogP contribution is -2.24. The SMILES string of the molecule is N#Cc1cc(C=O)ccc1N1CCCCCC1. The largest absolute Gasteiger partial charge is 0.370 e. The van der Waals surface area contributed by atoms with E-state index >= 15 is 0 Å². The molecule has 0 aliphatic carbocycles. The number of hydrogen-bond donors (Lipinski definition) is 0. The molecule has 1 saturated heterocycles. The van der Waals surface area contributed by atoms with Crippen molar-refractivity contribution in [3.8, 4) is 6.07 Å². The van der Waals surface area contributed by atoms with E-state index in [1.54, 1.807) is 12.1 Å². The summed E-state index contributed by atoms with van der Waals surface area (Å²) in [6.45, 7) is 2.02. The predicted molar refractivity (Wildman–Crippen MR) is 67.2 cm³/mol. The normalized spacial score (nSPS) is 16.1. The molecule has 0 aromatic heterocycles. The molecule has 88 valence electrons. The maximum Gasteiger partial charge on any atom is 0.150 e. The van der Waals surface area contributed by atoms with Gasteiger partial charge in [-0.15, -0.1) is 0 Å². The first-order valence-corrected chi connectivity index (χ1v) is 6.09. The smallest absolute Gasteiger partial charge is 0.150 e. The lowest BCUT2D eigenvalue weighted by atomic mass is 10.1. The second kappa shape index (κ2) is 5.49. The number of carbonyl (C=O) groups excluding carboxylic acids is 1. The van der Waals surface area contributed by atoms with Crippen LogP contribution in [0.2, 0.25) is 0 Å². The zero-order valence-electron chi connectivity index (χ0n) is 9.85. The fourth-order valence-corrected chi connectivity index (χ4v) is 2.30. The number of hydrogen-bond acceptors (Lipinski definition) is 3. The quantitative estimate of drug-likeness (QED) is 0.731. The molecule has 0 N–H and O–H groups in total. The van der Waals surface area contributed by atoms with E-state index in [1.165, 1.54) is 25.7 Å². The summed E-state index contributed by atoms with van der Waals surface area (Å²) in [5.41, 5.74) is 2.15. The van der Waals surface area contributed by atoms with Gasteiger partial charge in [0.05, 0.1) is 11.3 Å². The summed E-state index contributed by atoms with van der Waals surface area (Å²) in [5.74, 6) is 0. The number of anilines is 1. The average Bonchev–Trinajstić information content (AvgIpc) is 2.66. The van der Waals surface area contributed by atoms with Crippen LogP contribution in [0.1, 0.15) is 41.6 Å². The first kappa shape index (κ1) is 11.7. The number of nitriles is 1. The summed E-state index contributed by atoms with van der Waals surface area (Å²) in [4.78, 5) is 13.0. The van der Waals surface area contributed by atoms with Gasteiger partial charge in [-0.25, -0.2) is 0 Å². The van der Waals surface area contributed by atoms with Crippen LogP contribution in [0.3, 0.4) is 0 Å². The Bertz CT molecular complexity index is 440. The van der Waals surface area contributed by atoms with Crippen LogP contribution in [0.25, 0.3) is 0 Å². The van der Waals surface area contributed by atoms with E-state index in [-0.39, 0.29) is 0 Å². The Morgan fingerprint density at radius 2 is 1.88 bits per heavy atom. The van der Waals surface area contributed by atoms with Crippen molar-refractivity contribution < 1.29 is 4.79 Å². The van der Waals surface area contributed by atoms with Gasteiger partial charge in [0.1, 0.15) is 12.4 Å². The minimum absolute atomic E-state index is 0.570. The Kier molecular flexibility index (Phi) is 3.77. The van der Waals surface area contributed by atoms with Gasteiger partial charge in [-0.05, 0) is 31.0 Å². The first-order chi connectivity index (χ1) is 8.35. The molecule has 1 aromatic rings. The van der Waals surface area contributed by atoms with Crippen molar-refractivity contribution in [1.82, 2.24) is 0 Å². The summed E-state index contributed by atoms with van der Waals surface area (Å²) < 4.78 is 0. The van der Waals surface area contributed by atoms with Crippen molar-refractivity contribution in [2.24, 2.45) is 0 Å². The first-order valence-electron chi connectivity index (χ1n) is 6.09. The molecular weight excluding hydrogens is 212 g/mol. The molecule has 0 spiro atoms. The van der Waals surface area contributed by atoms with Crippen LogP contribution in [0.15, 0.2) is 18.2 Å². The topological polar surface area (TPSA) is 44.1 Å². The van der Waals surface area contributed by atoms with Crippen LogP contribution < -0.4 is 4.90 Å². The van der Waals surface area contributed by atoms with Gasteiger partial charge >= 0.3 is 0 Å². The van der Waals surface area contributed by atoms with E-state index in [0.29, 0.717) is 11.1 Å². The van der Waals surface area contributed by atoms with E-state index in [2.05, 4.69) is 11.0 Å². The van der Waals surface area contributed by atoms with Crippen molar-refractivity contribution in [3.63, 3.8) is 0 Å². The fourth-order valence-electron chi connectivity index (χ4n) is 2.30. The highest BCUT2D eigenvalue weighted by Gasteiger charge is 2.13. The van der Waals surface area contributed by atoms with Gasteiger partial charge in [-0.1, -0.05) is 12.8 Å². The number of benzene rings is 1. The molecule has 1 fully saturated rings. The molecule has 1 aliphatic heterocycles. The standard InChI is InChI=1S/C14H16N2O/c15-10-13-9-12(11-17)5-6-14(13)16-7-3-1-2-4-8-16/h5-6,9,11H,1-4,7-8H2. The molecule has 2 rings (SSSR count). The molecule has 1 aliphatic rings. The van der Waals surface area contributed by atoms with Gasteiger partial charge in [0.2, 0.25) is 0 Å². The summed E-state index contributed by atoms with van der Waals surface area (Å²) >= 11 is 0. The maximum atomic E-state index is 10.7. The zero-order chi connectivity index (χ0) is 12.1. The molecule has 0 unspecified atom stereocenters. The molecule has 3 nitrogen and oxygen atoms in total. The van der Waals surface area contributed by atoms with Crippen molar-refractivity contribution in [3.05, 3.63) is 29.3 Å². The Morgan fingerprint density at radius 3 is 2.47 bits per heavy atom. The molecule has 0 radical (unpaired) electrons. The summed E-state index contributed by atoms with van der Waals surface area (Å²) in [7, 11) is 0. The molecular formula is C14H16N2O. The third-order valence-corrected chi connectivity index (χ3v) is 3.22. The van der Waals surface area contributed by atoms with Crippen LogP contribution in [-0.4, -0.2) is 19.4 Å². The summed E-state index contributed by atoms with van der Waals surface area (Å²) in [6, 6.07) is 7.54. The molecule has 0 amide bonds. The van der Waals surface area contributed by atoms with Crippen molar-refractivity contribution in [2.75, 3.05) is 18.0 Å². The molecule has 1 aromatic carbocycles. The molecule has 17 heavy (non-hydrogen) atoms. The molecule has 0 saturated carbocycles. The van der Waals surface area contributed by atoms with Crippen molar-refractivity contribution in [1.29, 1.82) is 5.26 Å². The summed E-state index contributed by atoms with van der Waals surface area (Å²) in [5, 5.41) is 9.15. The number of aldehydes is 1. The predicted octanol–water partition coefficient (Wildman–Crippen LogP) is 2.75. The Hall–Kier alpha value is -1.82. The second-order valence-electron chi connectivity index (χ2n) is 4.41. The van der Waals surface area contributed by atoms with Gasteiger partial charge in [-0.2, -0.15) is 5.26 Å². The summed E-state index contributed by atoms with van der Waals surface area (Å²) in [6.07, 6.45) is 5.68. The molecule has 1 heterocycles. The third-order valence-electron chi connectivity index (χ3n) is 3.22. The highest BCUT2D eigenvalue weighted by Crippen LogP contribution is 2.24. The third kappa shape index (κ3) is 2.65. The number of nitrogens with zero attached hydrogens (tertiary/aromatic N) is 2. The van der Waals surface area contributed by atoms with Crippen LogP contribution in [0.5, 0.6) is 0 Å². The second-order valence-corrected chi connectivity index (χ2v) is 4.41. The lowest BCUT2D eigenvalue weighted by Gasteiger charge is -2.23.